The molecule has 1 aromatic carbocycles. The summed E-state index contributed by atoms with van der Waals surface area (Å²) >= 11 is 1.35. The Balaban J connectivity index is 1.76. The first-order valence-corrected chi connectivity index (χ1v) is 7.69. The molecule has 110 valence electrons. The highest BCUT2D eigenvalue weighted by Crippen LogP contribution is 2.30. The minimum absolute atomic E-state index is 0.177. The zero-order chi connectivity index (χ0) is 15.0. The average Bonchev–Trinajstić information content (AvgIpc) is 3.14. The lowest BCUT2D eigenvalue weighted by Crippen LogP contribution is -2.12. The molecule has 0 bridgehead atoms. The van der Waals surface area contributed by atoms with E-state index in [9.17, 15) is 9.90 Å². The molecular weight excluding hydrogens is 286 g/mol. The highest BCUT2D eigenvalue weighted by Gasteiger charge is 2.23. The van der Waals surface area contributed by atoms with Crippen LogP contribution in [0.4, 0.5) is 10.8 Å². The Kier molecular flexibility index (Phi) is 3.55. The Morgan fingerprint density at radius 2 is 2.14 bits per heavy atom. The summed E-state index contributed by atoms with van der Waals surface area (Å²) in [6, 6.07) is 3.93. The molecule has 1 aliphatic carbocycles. The van der Waals surface area contributed by atoms with Gasteiger partial charge in [-0.3, -0.25) is 4.79 Å². The number of rotatable bonds is 4. The fourth-order valence-corrected chi connectivity index (χ4v) is 2.84. The molecule has 6 heteroatoms. The topological polar surface area (TPSA) is 74.2 Å². The average molecular weight is 303 g/mol. The Hall–Kier alpha value is -2.08. The molecular formula is C15H17N3O2S. The summed E-state index contributed by atoms with van der Waals surface area (Å²) in [6.07, 6.45) is 3.92. The number of amides is 1. The molecule has 0 atom stereocenters. The summed E-state index contributed by atoms with van der Waals surface area (Å²) in [6.45, 7) is 3.68. The maximum atomic E-state index is 12.3. The van der Waals surface area contributed by atoms with Crippen LogP contribution in [0.15, 0.2) is 18.3 Å². The molecule has 0 spiro atoms. The number of phenols is 1. The highest BCUT2D eigenvalue weighted by atomic mass is 32.1. The molecule has 1 aliphatic rings. The lowest BCUT2D eigenvalue weighted by atomic mass is 10.1. The van der Waals surface area contributed by atoms with Gasteiger partial charge in [-0.15, -0.1) is 0 Å². The van der Waals surface area contributed by atoms with Crippen LogP contribution >= 0.6 is 11.3 Å². The minimum atomic E-state index is -0.201. The van der Waals surface area contributed by atoms with E-state index in [1.807, 2.05) is 6.92 Å². The summed E-state index contributed by atoms with van der Waals surface area (Å²) in [5, 5.41) is 16.7. The van der Waals surface area contributed by atoms with Gasteiger partial charge in [-0.1, -0.05) is 17.4 Å². The van der Waals surface area contributed by atoms with Crippen LogP contribution in [-0.2, 0) is 0 Å². The summed E-state index contributed by atoms with van der Waals surface area (Å²) in [7, 11) is 0. The van der Waals surface area contributed by atoms with Gasteiger partial charge in [0, 0.05) is 11.6 Å². The number of aryl methyl sites for hydroxylation is 1. The van der Waals surface area contributed by atoms with Crippen molar-refractivity contribution in [3.63, 3.8) is 0 Å². The molecule has 1 aromatic heterocycles. The van der Waals surface area contributed by atoms with Gasteiger partial charge in [0.25, 0.3) is 5.91 Å². The first kappa shape index (κ1) is 13.9. The van der Waals surface area contributed by atoms with E-state index in [1.165, 1.54) is 24.2 Å². The van der Waals surface area contributed by atoms with E-state index in [0.717, 1.165) is 10.7 Å². The van der Waals surface area contributed by atoms with Gasteiger partial charge < -0.3 is 15.7 Å². The number of phenolic OH excluding ortho intramolecular Hbond substituents is 1. The third-order valence-electron chi connectivity index (χ3n) is 3.52. The van der Waals surface area contributed by atoms with Crippen molar-refractivity contribution in [2.45, 2.75) is 32.7 Å². The SMILES string of the molecule is Cc1ccc(O)c(C)c1NC(=O)c1cnc(NC2CC2)s1. The van der Waals surface area contributed by atoms with Gasteiger partial charge in [0.05, 0.1) is 11.9 Å². The summed E-state index contributed by atoms with van der Waals surface area (Å²) in [5.41, 5.74) is 2.24. The van der Waals surface area contributed by atoms with E-state index in [2.05, 4.69) is 15.6 Å². The third kappa shape index (κ3) is 3.00. The maximum absolute atomic E-state index is 12.3. The van der Waals surface area contributed by atoms with Crippen LogP contribution in [0.25, 0.3) is 0 Å². The van der Waals surface area contributed by atoms with Crippen molar-refractivity contribution in [1.29, 1.82) is 0 Å². The smallest absolute Gasteiger partial charge is 0.267 e. The number of aromatic hydroxyl groups is 1. The second-order valence-electron chi connectivity index (χ2n) is 5.30. The molecule has 0 aliphatic heterocycles. The lowest BCUT2D eigenvalue weighted by molar-refractivity contribution is 0.103. The van der Waals surface area contributed by atoms with Crippen molar-refractivity contribution >= 4 is 28.1 Å². The van der Waals surface area contributed by atoms with Gasteiger partial charge in [0.2, 0.25) is 0 Å². The molecule has 0 saturated heterocycles. The second-order valence-corrected chi connectivity index (χ2v) is 6.33. The van der Waals surface area contributed by atoms with Gasteiger partial charge in [0.1, 0.15) is 10.6 Å². The third-order valence-corrected chi connectivity index (χ3v) is 4.45. The van der Waals surface area contributed by atoms with Gasteiger partial charge in [-0.2, -0.15) is 0 Å². The van der Waals surface area contributed by atoms with E-state index in [1.54, 1.807) is 25.3 Å². The molecule has 21 heavy (non-hydrogen) atoms. The number of hydrogen-bond donors (Lipinski definition) is 3. The fraction of sp³-hybridized carbons (Fsp3) is 0.333. The first-order valence-electron chi connectivity index (χ1n) is 6.87. The van der Waals surface area contributed by atoms with Crippen LogP contribution in [0.5, 0.6) is 5.75 Å². The van der Waals surface area contributed by atoms with Crippen LogP contribution < -0.4 is 10.6 Å². The van der Waals surface area contributed by atoms with Crippen LogP contribution in [0.2, 0.25) is 0 Å². The van der Waals surface area contributed by atoms with E-state index in [4.69, 9.17) is 0 Å². The predicted molar refractivity (Wildman–Crippen MR) is 84.3 cm³/mol. The minimum Gasteiger partial charge on any atom is -0.508 e. The molecule has 1 heterocycles. The van der Waals surface area contributed by atoms with Crippen LogP contribution in [0.1, 0.15) is 33.6 Å². The zero-order valence-electron chi connectivity index (χ0n) is 11.9. The molecule has 5 nitrogen and oxygen atoms in total. The van der Waals surface area contributed by atoms with Crippen LogP contribution in [0, 0.1) is 13.8 Å². The number of anilines is 2. The Labute approximate surface area is 127 Å². The Bertz CT molecular complexity index is 692. The highest BCUT2D eigenvalue weighted by molar-refractivity contribution is 7.17. The standard InChI is InChI=1S/C15H17N3O2S/c1-8-3-6-11(19)9(2)13(8)18-14(20)12-7-16-15(21-12)17-10-4-5-10/h3,6-7,10,19H,4-5H2,1-2H3,(H,16,17)(H,18,20). The molecule has 2 aromatic rings. The zero-order valence-corrected chi connectivity index (χ0v) is 12.8. The number of carbonyl (C=O) groups is 1. The molecule has 0 radical (unpaired) electrons. The van der Waals surface area contributed by atoms with E-state index in [0.29, 0.717) is 22.2 Å². The van der Waals surface area contributed by atoms with E-state index >= 15 is 0 Å². The number of thiazole rings is 1. The number of hydrogen-bond acceptors (Lipinski definition) is 5. The summed E-state index contributed by atoms with van der Waals surface area (Å²) < 4.78 is 0. The number of aromatic nitrogens is 1. The molecule has 3 N–H and O–H groups in total. The summed E-state index contributed by atoms with van der Waals surface area (Å²) in [4.78, 5) is 17.1. The maximum Gasteiger partial charge on any atom is 0.267 e. The normalized spacial score (nSPS) is 14.0. The lowest BCUT2D eigenvalue weighted by Gasteiger charge is -2.11. The Morgan fingerprint density at radius 3 is 2.86 bits per heavy atom. The van der Waals surface area contributed by atoms with Gasteiger partial charge in [0.15, 0.2) is 5.13 Å². The molecule has 1 amide bonds. The number of nitrogens with one attached hydrogen (secondary N) is 2. The quantitative estimate of drug-likeness (QED) is 0.810. The van der Waals surface area contributed by atoms with Crippen molar-refractivity contribution in [3.05, 3.63) is 34.3 Å². The number of benzene rings is 1. The van der Waals surface area contributed by atoms with Crippen molar-refractivity contribution in [2.75, 3.05) is 10.6 Å². The molecule has 1 fully saturated rings. The van der Waals surface area contributed by atoms with Gasteiger partial charge >= 0.3 is 0 Å². The van der Waals surface area contributed by atoms with E-state index in [-0.39, 0.29) is 11.7 Å². The van der Waals surface area contributed by atoms with E-state index < -0.39 is 0 Å². The van der Waals surface area contributed by atoms with Crippen molar-refractivity contribution < 1.29 is 9.90 Å². The molecule has 3 rings (SSSR count). The Morgan fingerprint density at radius 1 is 1.38 bits per heavy atom. The fourth-order valence-electron chi connectivity index (χ4n) is 2.05. The van der Waals surface area contributed by atoms with Crippen LogP contribution in [-0.4, -0.2) is 22.0 Å². The first-order chi connectivity index (χ1) is 10.0. The van der Waals surface area contributed by atoms with Crippen molar-refractivity contribution in [3.8, 4) is 5.75 Å². The second kappa shape index (κ2) is 5.37. The molecule has 1 saturated carbocycles. The molecule has 0 unspecified atom stereocenters. The van der Waals surface area contributed by atoms with Crippen LogP contribution in [0.3, 0.4) is 0 Å². The van der Waals surface area contributed by atoms with Crippen molar-refractivity contribution in [1.82, 2.24) is 4.98 Å². The van der Waals surface area contributed by atoms with Crippen molar-refractivity contribution in [2.24, 2.45) is 0 Å². The summed E-state index contributed by atoms with van der Waals surface area (Å²) in [5.74, 6) is -0.0237. The van der Waals surface area contributed by atoms with Gasteiger partial charge in [-0.25, -0.2) is 4.98 Å². The largest absolute Gasteiger partial charge is 0.508 e. The van der Waals surface area contributed by atoms with Gasteiger partial charge in [-0.05, 0) is 38.3 Å². The predicted octanol–water partition coefficient (Wildman–Crippen LogP) is 3.29. The monoisotopic (exact) mass is 303 g/mol. The number of nitrogens with zero attached hydrogens (tertiary/aromatic N) is 1. The number of carbonyl (C=O) groups excluding carboxylic acids is 1.